The van der Waals surface area contributed by atoms with Crippen LogP contribution in [0.4, 0.5) is 4.79 Å². The molecule has 3 rings (SSSR count). The quantitative estimate of drug-likeness (QED) is 0.783. The standard InChI is InChI=1S/C13H14N2O3/c16-12-10-6-15(7-11(10)14-12)13(17)18-8-9-4-2-1-3-5-9/h1-5,10-11H,6-8H2,(H,14,16)/t10-,11+/m0/s1. The minimum Gasteiger partial charge on any atom is -0.445 e. The second-order valence-electron chi connectivity index (χ2n) is 4.67. The molecular formula is C13H14N2O3. The summed E-state index contributed by atoms with van der Waals surface area (Å²) in [6.07, 6.45) is -0.345. The zero-order valence-electron chi connectivity index (χ0n) is 9.83. The van der Waals surface area contributed by atoms with E-state index in [0.717, 1.165) is 5.56 Å². The molecule has 0 radical (unpaired) electrons. The lowest BCUT2D eigenvalue weighted by Crippen LogP contribution is -2.57. The molecule has 2 aliphatic heterocycles. The number of carbonyl (C=O) groups excluding carboxylic acids is 2. The van der Waals surface area contributed by atoms with Gasteiger partial charge >= 0.3 is 6.09 Å². The molecule has 0 bridgehead atoms. The van der Waals surface area contributed by atoms with Gasteiger partial charge in [0.25, 0.3) is 0 Å². The van der Waals surface area contributed by atoms with Crippen molar-refractivity contribution in [1.82, 2.24) is 10.2 Å². The molecule has 0 unspecified atom stereocenters. The van der Waals surface area contributed by atoms with Crippen molar-refractivity contribution in [2.45, 2.75) is 12.6 Å². The number of fused-ring (bicyclic) bond motifs is 1. The van der Waals surface area contributed by atoms with E-state index >= 15 is 0 Å². The van der Waals surface area contributed by atoms with Crippen LogP contribution < -0.4 is 5.32 Å². The van der Waals surface area contributed by atoms with E-state index in [-0.39, 0.29) is 30.6 Å². The van der Waals surface area contributed by atoms with Gasteiger partial charge in [0.2, 0.25) is 5.91 Å². The van der Waals surface area contributed by atoms with Crippen LogP contribution in [-0.2, 0) is 16.1 Å². The minimum atomic E-state index is -0.345. The van der Waals surface area contributed by atoms with Crippen LogP contribution in [-0.4, -0.2) is 36.0 Å². The molecular weight excluding hydrogens is 232 g/mol. The molecule has 0 aromatic heterocycles. The molecule has 1 N–H and O–H groups in total. The molecule has 18 heavy (non-hydrogen) atoms. The van der Waals surface area contributed by atoms with Crippen molar-refractivity contribution in [2.24, 2.45) is 5.92 Å². The van der Waals surface area contributed by atoms with Crippen molar-refractivity contribution >= 4 is 12.0 Å². The highest BCUT2D eigenvalue weighted by atomic mass is 16.6. The van der Waals surface area contributed by atoms with Crippen molar-refractivity contribution in [3.63, 3.8) is 0 Å². The van der Waals surface area contributed by atoms with Crippen LogP contribution in [0.2, 0.25) is 0 Å². The summed E-state index contributed by atoms with van der Waals surface area (Å²) in [6.45, 7) is 1.31. The third-order valence-corrected chi connectivity index (χ3v) is 3.45. The van der Waals surface area contributed by atoms with E-state index in [1.54, 1.807) is 4.90 Å². The highest BCUT2D eigenvalue weighted by molar-refractivity contribution is 5.88. The van der Waals surface area contributed by atoms with Gasteiger partial charge in [-0.1, -0.05) is 30.3 Å². The van der Waals surface area contributed by atoms with E-state index in [1.807, 2.05) is 30.3 Å². The Morgan fingerprint density at radius 2 is 2.11 bits per heavy atom. The Morgan fingerprint density at radius 1 is 1.33 bits per heavy atom. The number of nitrogens with one attached hydrogen (secondary N) is 1. The molecule has 0 aliphatic carbocycles. The molecule has 2 aliphatic rings. The van der Waals surface area contributed by atoms with Gasteiger partial charge in [-0.25, -0.2) is 4.79 Å². The lowest BCUT2D eigenvalue weighted by atomic mass is 9.95. The van der Waals surface area contributed by atoms with Crippen molar-refractivity contribution in [3.05, 3.63) is 35.9 Å². The minimum absolute atomic E-state index is 0.0331. The number of hydrogen-bond donors (Lipinski definition) is 1. The van der Waals surface area contributed by atoms with Crippen molar-refractivity contribution < 1.29 is 14.3 Å². The van der Waals surface area contributed by atoms with E-state index in [2.05, 4.69) is 5.32 Å². The summed E-state index contributed by atoms with van der Waals surface area (Å²) in [4.78, 5) is 24.6. The Morgan fingerprint density at radius 3 is 2.78 bits per heavy atom. The molecule has 0 spiro atoms. The van der Waals surface area contributed by atoms with Gasteiger partial charge in [-0.05, 0) is 5.56 Å². The van der Waals surface area contributed by atoms with Gasteiger partial charge < -0.3 is 15.0 Å². The first-order valence-electron chi connectivity index (χ1n) is 6.00. The van der Waals surface area contributed by atoms with Gasteiger partial charge in [-0.15, -0.1) is 0 Å². The summed E-state index contributed by atoms with van der Waals surface area (Å²) in [7, 11) is 0. The number of carbonyl (C=O) groups is 2. The molecule has 5 heteroatoms. The van der Waals surface area contributed by atoms with E-state index in [9.17, 15) is 9.59 Å². The zero-order chi connectivity index (χ0) is 12.5. The maximum Gasteiger partial charge on any atom is 0.410 e. The largest absolute Gasteiger partial charge is 0.445 e. The predicted octanol–water partition coefficient (Wildman–Crippen LogP) is 0.753. The fourth-order valence-corrected chi connectivity index (χ4v) is 2.37. The molecule has 2 atom stereocenters. The lowest BCUT2D eigenvalue weighted by Gasteiger charge is -2.28. The number of rotatable bonds is 2. The monoisotopic (exact) mass is 246 g/mol. The lowest BCUT2D eigenvalue weighted by molar-refractivity contribution is -0.132. The van der Waals surface area contributed by atoms with Gasteiger partial charge in [-0.2, -0.15) is 0 Å². The Labute approximate surface area is 105 Å². The summed E-state index contributed by atoms with van der Waals surface area (Å²) in [5, 5.41) is 2.77. The topological polar surface area (TPSA) is 58.6 Å². The van der Waals surface area contributed by atoms with Crippen LogP contribution >= 0.6 is 0 Å². The van der Waals surface area contributed by atoms with Crippen LogP contribution in [0.25, 0.3) is 0 Å². The second-order valence-corrected chi connectivity index (χ2v) is 4.67. The van der Waals surface area contributed by atoms with Gasteiger partial charge in [0.1, 0.15) is 6.61 Å². The predicted molar refractivity (Wildman–Crippen MR) is 63.6 cm³/mol. The third-order valence-electron chi connectivity index (χ3n) is 3.45. The van der Waals surface area contributed by atoms with Crippen LogP contribution in [0.1, 0.15) is 5.56 Å². The normalized spacial score (nSPS) is 25.1. The highest BCUT2D eigenvalue weighted by Gasteiger charge is 2.47. The molecule has 5 nitrogen and oxygen atoms in total. The summed E-state index contributed by atoms with van der Waals surface area (Å²) in [5.41, 5.74) is 0.960. The van der Waals surface area contributed by atoms with Gasteiger partial charge in [0.15, 0.2) is 0 Å². The number of β-lactam (4-membered cyclic amide) rings is 1. The first kappa shape index (κ1) is 11.1. The SMILES string of the molecule is O=C1N[C@@H]2CN(C(=O)OCc3ccccc3)C[C@H]12. The number of amides is 2. The van der Waals surface area contributed by atoms with Crippen LogP contribution in [0.5, 0.6) is 0 Å². The Bertz CT molecular complexity index is 474. The maximum absolute atomic E-state index is 11.8. The Kier molecular flexibility index (Phi) is 2.66. The van der Waals surface area contributed by atoms with E-state index in [4.69, 9.17) is 4.74 Å². The third kappa shape index (κ3) is 1.92. The van der Waals surface area contributed by atoms with Gasteiger partial charge in [0.05, 0.1) is 12.0 Å². The average molecular weight is 246 g/mol. The van der Waals surface area contributed by atoms with Gasteiger partial charge in [-0.3, -0.25) is 4.79 Å². The van der Waals surface area contributed by atoms with Gasteiger partial charge in [0, 0.05) is 13.1 Å². The number of ether oxygens (including phenoxy) is 1. The summed E-state index contributed by atoms with van der Waals surface area (Å²) >= 11 is 0. The first-order valence-corrected chi connectivity index (χ1v) is 6.00. The Balaban J connectivity index is 1.52. The number of nitrogens with zero attached hydrogens (tertiary/aromatic N) is 1. The molecule has 94 valence electrons. The zero-order valence-corrected chi connectivity index (χ0v) is 9.83. The fraction of sp³-hybridized carbons (Fsp3) is 0.385. The number of hydrogen-bond acceptors (Lipinski definition) is 3. The summed E-state index contributed by atoms with van der Waals surface area (Å²) in [5.74, 6) is 0.00707. The summed E-state index contributed by atoms with van der Waals surface area (Å²) in [6, 6.07) is 9.67. The Hall–Kier alpha value is -2.04. The van der Waals surface area contributed by atoms with Crippen LogP contribution in [0, 0.1) is 5.92 Å². The second kappa shape index (κ2) is 4.33. The van der Waals surface area contributed by atoms with Crippen LogP contribution in [0.3, 0.4) is 0 Å². The molecule has 2 saturated heterocycles. The molecule has 0 saturated carbocycles. The van der Waals surface area contributed by atoms with E-state index in [0.29, 0.717) is 13.1 Å². The molecule has 2 heterocycles. The van der Waals surface area contributed by atoms with Crippen molar-refractivity contribution in [1.29, 1.82) is 0 Å². The molecule has 1 aromatic carbocycles. The van der Waals surface area contributed by atoms with Crippen LogP contribution in [0.15, 0.2) is 30.3 Å². The molecule has 2 fully saturated rings. The molecule has 2 amide bonds. The summed E-state index contributed by atoms with van der Waals surface area (Å²) < 4.78 is 5.22. The van der Waals surface area contributed by atoms with E-state index < -0.39 is 0 Å². The number of likely N-dealkylation sites (tertiary alicyclic amines) is 1. The van der Waals surface area contributed by atoms with Crippen molar-refractivity contribution in [3.8, 4) is 0 Å². The first-order chi connectivity index (χ1) is 8.74. The average Bonchev–Trinajstić information content (AvgIpc) is 2.74. The fourth-order valence-electron chi connectivity index (χ4n) is 2.37. The highest BCUT2D eigenvalue weighted by Crippen LogP contribution is 2.25. The maximum atomic E-state index is 11.8. The smallest absolute Gasteiger partial charge is 0.410 e. The van der Waals surface area contributed by atoms with Crippen molar-refractivity contribution in [2.75, 3.05) is 13.1 Å². The number of benzene rings is 1. The van der Waals surface area contributed by atoms with E-state index in [1.165, 1.54) is 0 Å². The molecule has 1 aromatic rings.